The van der Waals surface area contributed by atoms with E-state index in [1.165, 1.54) is 35.3 Å². The lowest BCUT2D eigenvalue weighted by Crippen LogP contribution is -2.38. The molecular formula is C30H25F4N7S2. The van der Waals surface area contributed by atoms with Gasteiger partial charge in [-0.1, -0.05) is 55.1 Å². The number of aliphatic imine (C=N–C) groups is 1. The third-order valence-corrected chi connectivity index (χ3v) is 8.37. The number of anilines is 1. The Morgan fingerprint density at radius 2 is 1.84 bits per heavy atom. The fraction of sp³-hybridized carbons (Fsp3) is 0.200. The molecule has 7 nitrogen and oxygen atoms in total. The second-order valence-corrected chi connectivity index (χ2v) is 11.5. The highest BCUT2D eigenvalue weighted by molar-refractivity contribution is 8.14. The van der Waals surface area contributed by atoms with Gasteiger partial charge in [0.25, 0.3) is 0 Å². The fourth-order valence-electron chi connectivity index (χ4n) is 4.94. The number of hydrazine groups is 1. The van der Waals surface area contributed by atoms with Crippen LogP contribution in [0.4, 0.5) is 23.2 Å². The van der Waals surface area contributed by atoms with Crippen LogP contribution in [0, 0.1) is 5.82 Å². The van der Waals surface area contributed by atoms with Gasteiger partial charge in [-0.05, 0) is 66.7 Å². The average Bonchev–Trinajstić information content (AvgIpc) is 3.63. The summed E-state index contributed by atoms with van der Waals surface area (Å²) in [5.74, 6) is 1.06. The van der Waals surface area contributed by atoms with Gasteiger partial charge in [-0.25, -0.2) is 19.5 Å². The van der Waals surface area contributed by atoms with Gasteiger partial charge in [0.05, 0.1) is 16.9 Å². The zero-order valence-corrected chi connectivity index (χ0v) is 24.6. The lowest BCUT2D eigenvalue weighted by molar-refractivity contribution is -0.137. The molecule has 0 spiro atoms. The molecule has 2 unspecified atom stereocenters. The molecule has 2 aliphatic heterocycles. The van der Waals surface area contributed by atoms with E-state index in [9.17, 15) is 17.6 Å². The number of rotatable bonds is 5. The summed E-state index contributed by atoms with van der Waals surface area (Å²) < 4.78 is 54.1. The van der Waals surface area contributed by atoms with Crippen LogP contribution in [0.5, 0.6) is 0 Å². The summed E-state index contributed by atoms with van der Waals surface area (Å²) in [6, 6.07) is 17.0. The van der Waals surface area contributed by atoms with Crippen molar-refractivity contribution in [2.45, 2.75) is 32.0 Å². The van der Waals surface area contributed by atoms with Crippen molar-refractivity contribution in [2.24, 2.45) is 4.99 Å². The maximum Gasteiger partial charge on any atom is 0.416 e. The van der Waals surface area contributed by atoms with Gasteiger partial charge in [0.1, 0.15) is 12.1 Å². The quantitative estimate of drug-likeness (QED) is 0.139. The van der Waals surface area contributed by atoms with Gasteiger partial charge in [-0.2, -0.15) is 18.2 Å². The number of aromatic nitrogens is 3. The fourth-order valence-corrected chi connectivity index (χ4v) is 6.14. The number of halogens is 4. The number of nitrogens with zero attached hydrogens (tertiary/aromatic N) is 5. The first kappa shape index (κ1) is 29.0. The molecule has 1 fully saturated rings. The monoisotopic (exact) mass is 623 g/mol. The molecule has 3 heterocycles. The van der Waals surface area contributed by atoms with Crippen LogP contribution in [0.3, 0.4) is 0 Å². The molecule has 2 atom stereocenters. The van der Waals surface area contributed by atoms with Gasteiger partial charge in [-0.3, -0.25) is 10.3 Å². The van der Waals surface area contributed by atoms with E-state index in [0.717, 1.165) is 46.0 Å². The van der Waals surface area contributed by atoms with Gasteiger partial charge in [0.15, 0.2) is 11.0 Å². The summed E-state index contributed by atoms with van der Waals surface area (Å²) in [7, 11) is 0. The van der Waals surface area contributed by atoms with Gasteiger partial charge >= 0.3 is 6.18 Å². The average molecular weight is 624 g/mol. The van der Waals surface area contributed by atoms with Crippen molar-refractivity contribution in [3.8, 4) is 17.1 Å². The van der Waals surface area contributed by atoms with E-state index in [1.54, 1.807) is 11.8 Å². The van der Waals surface area contributed by atoms with E-state index in [1.807, 2.05) is 42.2 Å². The number of fused-ring (bicyclic) bond motifs is 3. The molecule has 0 radical (unpaired) electrons. The van der Waals surface area contributed by atoms with E-state index < -0.39 is 11.7 Å². The van der Waals surface area contributed by atoms with Crippen LogP contribution in [0.2, 0.25) is 0 Å². The second kappa shape index (κ2) is 11.5. The van der Waals surface area contributed by atoms with Gasteiger partial charge in [0.2, 0.25) is 5.11 Å². The van der Waals surface area contributed by atoms with E-state index in [-0.39, 0.29) is 22.9 Å². The van der Waals surface area contributed by atoms with Gasteiger partial charge in [-0.15, -0.1) is 5.10 Å². The predicted molar refractivity (Wildman–Crippen MR) is 164 cm³/mol. The van der Waals surface area contributed by atoms with E-state index in [4.69, 9.17) is 12.2 Å². The zero-order valence-electron chi connectivity index (χ0n) is 22.9. The Kier molecular flexibility index (Phi) is 7.79. The number of thiocarbonyl (C=S) groups is 1. The van der Waals surface area contributed by atoms with Crippen LogP contribution in [-0.2, 0) is 6.18 Å². The highest BCUT2D eigenvalue weighted by Crippen LogP contribution is 2.43. The molecule has 2 aliphatic rings. The number of hydrogen-bond acceptors (Lipinski definition) is 5. The molecule has 4 aromatic rings. The number of alkyl halides is 3. The summed E-state index contributed by atoms with van der Waals surface area (Å²) in [6.45, 7) is 4.06. The minimum absolute atomic E-state index is 0.137. The zero-order chi connectivity index (χ0) is 30.3. The van der Waals surface area contributed by atoms with Crippen molar-refractivity contribution in [2.75, 3.05) is 10.7 Å². The normalized spacial score (nSPS) is 17.8. The summed E-state index contributed by atoms with van der Waals surface area (Å²) in [5.41, 5.74) is 10.5. The van der Waals surface area contributed by atoms with E-state index in [0.29, 0.717) is 16.7 Å². The smallest absolute Gasteiger partial charge is 0.296 e. The van der Waals surface area contributed by atoms with Crippen LogP contribution in [0.1, 0.15) is 42.5 Å². The van der Waals surface area contributed by atoms with Crippen LogP contribution < -0.4 is 15.8 Å². The molecule has 43 heavy (non-hydrogen) atoms. The van der Waals surface area contributed by atoms with Crippen molar-refractivity contribution in [1.82, 2.24) is 25.6 Å². The first-order valence-corrected chi connectivity index (χ1v) is 14.7. The van der Waals surface area contributed by atoms with Crippen LogP contribution in [0.25, 0.3) is 17.1 Å². The molecule has 0 bridgehead atoms. The summed E-state index contributed by atoms with van der Waals surface area (Å²) >= 11 is 7.03. The molecule has 6 rings (SSSR count). The van der Waals surface area contributed by atoms with E-state index in [2.05, 4.69) is 38.9 Å². The SMILES string of the molecule is CC1C=C2CSC(=NC(=S)NNC(C)c3ccc(-c4ncn(-c5ccc(C(F)(F)F)cc5)n4)cc3)N2c2cc(F)ccc21. The highest BCUT2D eigenvalue weighted by Gasteiger charge is 2.33. The van der Waals surface area contributed by atoms with Crippen LogP contribution in [0.15, 0.2) is 89.8 Å². The molecule has 0 amide bonds. The maximum atomic E-state index is 14.1. The third-order valence-electron chi connectivity index (χ3n) is 7.21. The lowest BCUT2D eigenvalue weighted by atomic mass is 9.94. The Balaban J connectivity index is 1.08. The molecule has 2 N–H and O–H groups in total. The van der Waals surface area contributed by atoms with E-state index >= 15 is 0 Å². The molecule has 3 aromatic carbocycles. The lowest BCUT2D eigenvalue weighted by Gasteiger charge is -2.29. The molecular weight excluding hydrogens is 599 g/mol. The van der Waals surface area contributed by atoms with Crippen LogP contribution >= 0.6 is 24.0 Å². The van der Waals surface area contributed by atoms with Gasteiger partial charge < -0.3 is 0 Å². The molecule has 13 heteroatoms. The minimum Gasteiger partial charge on any atom is -0.296 e. The molecule has 1 aromatic heterocycles. The van der Waals surface area contributed by atoms with Crippen LogP contribution in [-0.4, -0.2) is 30.8 Å². The maximum absolute atomic E-state index is 14.1. The van der Waals surface area contributed by atoms with Crippen molar-refractivity contribution in [3.63, 3.8) is 0 Å². The molecule has 1 saturated heterocycles. The highest BCUT2D eigenvalue weighted by atomic mass is 32.2. The van der Waals surface area contributed by atoms with Crippen molar-refractivity contribution >= 4 is 39.9 Å². The number of benzene rings is 3. The van der Waals surface area contributed by atoms with Crippen molar-refractivity contribution in [1.29, 1.82) is 0 Å². The number of allylic oxidation sites excluding steroid dienone is 1. The summed E-state index contributed by atoms with van der Waals surface area (Å²) in [4.78, 5) is 10.9. The molecule has 0 aliphatic carbocycles. The Morgan fingerprint density at radius 1 is 1.09 bits per heavy atom. The summed E-state index contributed by atoms with van der Waals surface area (Å²) in [6.07, 6.45) is -0.764. The molecule has 0 saturated carbocycles. The topological polar surface area (TPSA) is 70.4 Å². The van der Waals surface area contributed by atoms with Gasteiger partial charge in [0, 0.05) is 29.0 Å². The number of thioether (sulfide) groups is 1. The minimum atomic E-state index is -4.40. The second-order valence-electron chi connectivity index (χ2n) is 10.1. The third kappa shape index (κ3) is 6.05. The number of amidine groups is 1. The predicted octanol–water partition coefficient (Wildman–Crippen LogP) is 7.14. The Bertz CT molecular complexity index is 1730. The summed E-state index contributed by atoms with van der Waals surface area (Å²) in [5, 5.41) is 5.35. The number of hydrogen-bond donors (Lipinski definition) is 2. The van der Waals surface area contributed by atoms with Crippen molar-refractivity contribution < 1.29 is 17.6 Å². The number of nitrogens with one attached hydrogen (secondary N) is 2. The van der Waals surface area contributed by atoms with Crippen molar-refractivity contribution in [3.05, 3.63) is 107 Å². The Labute approximate surface area is 254 Å². The first-order chi connectivity index (χ1) is 20.6. The standard InChI is InChI=1S/C30H25F4N7S2/c1-17-13-24-15-43-29(41(24)26-14-22(31)9-12-25(17)26)36-28(42)38-37-18(2)19-3-5-20(6-4-19)27-35-16-40(39-27)23-10-7-21(8-11-23)30(32,33)34/h3-14,16-18,37H,15H2,1-2H3,(H,38,42). The first-order valence-electron chi connectivity index (χ1n) is 13.3. The Morgan fingerprint density at radius 3 is 2.56 bits per heavy atom. The molecule has 220 valence electrons. The Hall–Kier alpha value is -4.07. The largest absolute Gasteiger partial charge is 0.416 e.